The molecule has 128 valence electrons. The molecule has 0 atom stereocenters. The Labute approximate surface area is 147 Å². The zero-order chi connectivity index (χ0) is 17.6. The first-order valence-electron chi connectivity index (χ1n) is 8.20. The van der Waals surface area contributed by atoms with Gasteiger partial charge in [0.25, 0.3) is 0 Å². The van der Waals surface area contributed by atoms with E-state index in [0.29, 0.717) is 4.90 Å². The van der Waals surface area contributed by atoms with Gasteiger partial charge in [-0.25, -0.2) is 18.4 Å². The first-order valence-corrected chi connectivity index (χ1v) is 10.1. The van der Waals surface area contributed by atoms with E-state index in [4.69, 9.17) is 0 Å². The average molecular weight is 353 g/mol. The Morgan fingerprint density at radius 3 is 2.68 bits per heavy atom. The molecular weight excluding hydrogens is 334 g/mol. The number of anilines is 1. The molecule has 4 rings (SSSR count). The van der Waals surface area contributed by atoms with Gasteiger partial charge in [-0.2, -0.15) is 0 Å². The molecule has 0 unspecified atom stereocenters. The Morgan fingerprint density at radius 2 is 1.88 bits per heavy atom. The summed E-state index contributed by atoms with van der Waals surface area (Å²) in [6.45, 7) is 3.73. The number of sulfone groups is 1. The lowest BCUT2D eigenvalue weighted by Crippen LogP contribution is -2.31. The number of nitrogens with zero attached hydrogens (tertiary/aromatic N) is 3. The van der Waals surface area contributed by atoms with E-state index < -0.39 is 9.84 Å². The maximum atomic E-state index is 11.9. The molecule has 0 N–H and O–H groups in total. The van der Waals surface area contributed by atoms with Crippen LogP contribution in [0.3, 0.4) is 0 Å². The quantitative estimate of drug-likeness (QED) is 0.709. The zero-order valence-corrected chi connectivity index (χ0v) is 15.0. The van der Waals surface area contributed by atoms with Gasteiger partial charge in [-0.15, -0.1) is 0 Å². The van der Waals surface area contributed by atoms with Crippen LogP contribution in [0.2, 0.25) is 0 Å². The van der Waals surface area contributed by atoms with E-state index >= 15 is 0 Å². The van der Waals surface area contributed by atoms with E-state index in [1.807, 2.05) is 0 Å². The van der Waals surface area contributed by atoms with Crippen molar-refractivity contribution in [3.05, 3.63) is 59.4 Å². The van der Waals surface area contributed by atoms with Crippen LogP contribution in [0.4, 0.5) is 5.82 Å². The first kappa shape index (κ1) is 16.0. The molecule has 0 amide bonds. The monoisotopic (exact) mass is 353 g/mol. The van der Waals surface area contributed by atoms with Crippen LogP contribution in [0.5, 0.6) is 0 Å². The molecular formula is C19H19N3O2S. The summed E-state index contributed by atoms with van der Waals surface area (Å²) in [6.07, 6.45) is 3.72. The number of aromatic nitrogens is 2. The van der Waals surface area contributed by atoms with E-state index in [2.05, 4.69) is 40.0 Å². The lowest BCUT2D eigenvalue weighted by molar-refractivity contribution is 0.602. The topological polar surface area (TPSA) is 63.2 Å². The summed E-state index contributed by atoms with van der Waals surface area (Å²) in [4.78, 5) is 11.2. The second-order valence-electron chi connectivity index (χ2n) is 6.59. The second-order valence-corrected chi connectivity index (χ2v) is 8.61. The van der Waals surface area contributed by atoms with Gasteiger partial charge in [0.05, 0.1) is 10.4 Å². The molecule has 2 heterocycles. The lowest BCUT2D eigenvalue weighted by Gasteiger charge is -2.30. The minimum Gasteiger partial charge on any atom is -0.351 e. The van der Waals surface area contributed by atoms with E-state index in [1.165, 1.54) is 22.9 Å². The van der Waals surface area contributed by atoms with Crippen LogP contribution in [-0.2, 0) is 22.8 Å². The Bertz CT molecular complexity index is 1080. The van der Waals surface area contributed by atoms with Crippen molar-refractivity contribution in [1.29, 1.82) is 0 Å². The van der Waals surface area contributed by atoms with Gasteiger partial charge in [0.15, 0.2) is 9.84 Å². The predicted molar refractivity (Wildman–Crippen MR) is 98.6 cm³/mol. The number of hydrogen-bond donors (Lipinski definition) is 0. The smallest absolute Gasteiger partial charge is 0.175 e. The van der Waals surface area contributed by atoms with Gasteiger partial charge in [0.1, 0.15) is 12.1 Å². The third kappa shape index (κ3) is 2.98. The van der Waals surface area contributed by atoms with Gasteiger partial charge in [0, 0.05) is 24.7 Å². The summed E-state index contributed by atoms with van der Waals surface area (Å²) < 4.78 is 23.8. The Kier molecular flexibility index (Phi) is 3.72. The van der Waals surface area contributed by atoms with Crippen LogP contribution in [0.25, 0.3) is 10.9 Å². The molecule has 0 saturated carbocycles. The van der Waals surface area contributed by atoms with Gasteiger partial charge < -0.3 is 4.90 Å². The molecule has 1 aliphatic heterocycles. The average Bonchev–Trinajstić information content (AvgIpc) is 2.59. The summed E-state index contributed by atoms with van der Waals surface area (Å²) in [7, 11) is -3.27. The zero-order valence-electron chi connectivity index (χ0n) is 14.2. The molecule has 6 heteroatoms. The molecule has 0 radical (unpaired) electrons. The molecule has 0 bridgehead atoms. The minimum absolute atomic E-state index is 0.295. The normalized spacial score (nSPS) is 14.6. The standard InChI is InChI=1S/C19H19N3O2S/c1-13-3-4-15-11-22(8-7-14(15)9-13)19-17-10-16(25(2,23)24)5-6-18(17)20-12-21-19/h3-6,9-10,12H,7-8,11H2,1-2H3. The molecule has 3 aromatic rings. The highest BCUT2D eigenvalue weighted by molar-refractivity contribution is 7.90. The number of aryl methyl sites for hydroxylation is 1. The van der Waals surface area contributed by atoms with Gasteiger partial charge in [-0.3, -0.25) is 0 Å². The summed E-state index contributed by atoms with van der Waals surface area (Å²) in [5, 5.41) is 0.779. The van der Waals surface area contributed by atoms with Crippen LogP contribution in [0.15, 0.2) is 47.6 Å². The number of fused-ring (bicyclic) bond motifs is 2. The Morgan fingerprint density at radius 1 is 1.04 bits per heavy atom. The van der Waals surface area contributed by atoms with E-state index in [9.17, 15) is 8.42 Å². The van der Waals surface area contributed by atoms with Crippen LogP contribution < -0.4 is 4.90 Å². The van der Waals surface area contributed by atoms with Crippen LogP contribution in [0.1, 0.15) is 16.7 Å². The van der Waals surface area contributed by atoms with Gasteiger partial charge >= 0.3 is 0 Å². The number of hydrogen-bond acceptors (Lipinski definition) is 5. The third-order valence-corrected chi connectivity index (χ3v) is 5.80. The molecule has 0 fully saturated rings. The van der Waals surface area contributed by atoms with Crippen molar-refractivity contribution in [2.24, 2.45) is 0 Å². The lowest BCUT2D eigenvalue weighted by atomic mass is 9.97. The number of rotatable bonds is 2. The predicted octanol–water partition coefficient (Wildman–Crippen LogP) is 2.90. The maximum Gasteiger partial charge on any atom is 0.175 e. The van der Waals surface area contributed by atoms with E-state index in [1.54, 1.807) is 24.5 Å². The van der Waals surface area contributed by atoms with E-state index in [0.717, 1.165) is 36.2 Å². The largest absolute Gasteiger partial charge is 0.351 e. The van der Waals surface area contributed by atoms with Gasteiger partial charge in [-0.1, -0.05) is 23.8 Å². The van der Waals surface area contributed by atoms with Crippen molar-refractivity contribution < 1.29 is 8.42 Å². The van der Waals surface area contributed by atoms with Crippen molar-refractivity contribution in [2.75, 3.05) is 17.7 Å². The van der Waals surface area contributed by atoms with Crippen LogP contribution in [0, 0.1) is 6.92 Å². The Balaban J connectivity index is 1.80. The third-order valence-electron chi connectivity index (χ3n) is 4.69. The van der Waals surface area contributed by atoms with Gasteiger partial charge in [-0.05, 0) is 42.7 Å². The summed E-state index contributed by atoms with van der Waals surface area (Å²) in [6, 6.07) is 11.6. The SMILES string of the molecule is Cc1ccc2c(c1)CCN(c1ncnc3ccc(S(C)(=O)=O)cc13)C2. The van der Waals surface area contributed by atoms with Crippen molar-refractivity contribution in [1.82, 2.24) is 9.97 Å². The fraction of sp³-hybridized carbons (Fsp3) is 0.263. The van der Waals surface area contributed by atoms with Crippen molar-refractivity contribution in [3.8, 4) is 0 Å². The fourth-order valence-corrected chi connectivity index (χ4v) is 4.01. The molecule has 5 nitrogen and oxygen atoms in total. The van der Waals surface area contributed by atoms with Crippen molar-refractivity contribution in [3.63, 3.8) is 0 Å². The van der Waals surface area contributed by atoms with Crippen LogP contribution >= 0.6 is 0 Å². The maximum absolute atomic E-state index is 11.9. The molecule has 1 aromatic heterocycles. The molecule has 25 heavy (non-hydrogen) atoms. The van der Waals surface area contributed by atoms with Crippen molar-refractivity contribution >= 4 is 26.6 Å². The summed E-state index contributed by atoms with van der Waals surface area (Å²) in [5.74, 6) is 0.793. The van der Waals surface area contributed by atoms with Crippen LogP contribution in [-0.4, -0.2) is 31.2 Å². The van der Waals surface area contributed by atoms with Crippen molar-refractivity contribution in [2.45, 2.75) is 24.8 Å². The molecule has 0 spiro atoms. The number of benzene rings is 2. The summed E-state index contributed by atoms with van der Waals surface area (Å²) >= 11 is 0. The molecule has 1 aliphatic rings. The molecule has 2 aromatic carbocycles. The van der Waals surface area contributed by atoms with Gasteiger partial charge in [0.2, 0.25) is 0 Å². The van der Waals surface area contributed by atoms with E-state index in [-0.39, 0.29) is 0 Å². The second kappa shape index (κ2) is 5.81. The minimum atomic E-state index is -3.27. The highest BCUT2D eigenvalue weighted by Crippen LogP contribution is 2.30. The fourth-order valence-electron chi connectivity index (χ4n) is 3.37. The Hall–Kier alpha value is -2.47. The highest BCUT2D eigenvalue weighted by Gasteiger charge is 2.20. The first-order chi connectivity index (χ1) is 11.9. The molecule has 0 aliphatic carbocycles. The molecule has 0 saturated heterocycles. The summed E-state index contributed by atoms with van der Waals surface area (Å²) in [5.41, 5.74) is 4.71. The highest BCUT2D eigenvalue weighted by atomic mass is 32.2.